The van der Waals surface area contributed by atoms with Crippen molar-refractivity contribution < 1.29 is 35.6 Å². The highest BCUT2D eigenvalue weighted by Crippen LogP contribution is 2.38. The van der Waals surface area contributed by atoms with E-state index < -0.39 is 35.8 Å². The summed E-state index contributed by atoms with van der Waals surface area (Å²) >= 11 is 0. The highest BCUT2D eigenvalue weighted by atomic mass is 19.4. The third-order valence-corrected chi connectivity index (χ3v) is 2.91. The number of hydrogen-bond donors (Lipinski definition) is 0. The van der Waals surface area contributed by atoms with Gasteiger partial charge in [-0.15, -0.1) is 0 Å². The van der Waals surface area contributed by atoms with E-state index in [0.717, 1.165) is 0 Å². The molecule has 0 N–H and O–H groups in total. The zero-order valence-electron chi connectivity index (χ0n) is 12.5. The first-order chi connectivity index (χ1) is 11.0. The normalized spacial score (nSPS) is 12.7. The average molecular weight is 354 g/mol. The molecule has 1 heterocycles. The van der Waals surface area contributed by atoms with Gasteiger partial charge in [-0.1, -0.05) is 19.0 Å². The van der Waals surface area contributed by atoms with Crippen LogP contribution in [0.1, 0.15) is 42.6 Å². The maximum absolute atomic E-state index is 12.7. The van der Waals surface area contributed by atoms with Crippen molar-refractivity contribution in [3.05, 3.63) is 41.0 Å². The van der Waals surface area contributed by atoms with Crippen LogP contribution in [0.3, 0.4) is 0 Å². The molecule has 1 aromatic heterocycles. The van der Waals surface area contributed by atoms with E-state index in [1.165, 1.54) is 0 Å². The predicted molar refractivity (Wildman–Crippen MR) is 69.2 cm³/mol. The first-order valence-electron chi connectivity index (χ1n) is 6.71. The van der Waals surface area contributed by atoms with Crippen LogP contribution >= 0.6 is 0 Å². The van der Waals surface area contributed by atoms with Crippen LogP contribution in [0.15, 0.2) is 22.7 Å². The molecular formula is C14H12F6N2O2. The maximum Gasteiger partial charge on any atom is 0.416 e. The monoisotopic (exact) mass is 354 g/mol. The smallest absolute Gasteiger partial charge is 0.416 e. The molecule has 4 nitrogen and oxygen atoms in total. The van der Waals surface area contributed by atoms with Gasteiger partial charge in [0, 0.05) is 5.92 Å². The predicted octanol–water partition coefficient (Wildman–Crippen LogP) is 4.81. The molecule has 10 heteroatoms. The van der Waals surface area contributed by atoms with Crippen LogP contribution in [0.2, 0.25) is 0 Å². The lowest BCUT2D eigenvalue weighted by atomic mass is 10.1. The van der Waals surface area contributed by atoms with Crippen LogP contribution in [-0.4, -0.2) is 10.1 Å². The van der Waals surface area contributed by atoms with Gasteiger partial charge in [0.05, 0.1) is 11.1 Å². The van der Waals surface area contributed by atoms with Crippen LogP contribution in [0.25, 0.3) is 0 Å². The van der Waals surface area contributed by atoms with Gasteiger partial charge in [-0.3, -0.25) is 0 Å². The van der Waals surface area contributed by atoms with Crippen molar-refractivity contribution in [3.8, 4) is 5.75 Å². The van der Waals surface area contributed by atoms with E-state index >= 15 is 0 Å². The fourth-order valence-electron chi connectivity index (χ4n) is 1.72. The molecule has 0 fully saturated rings. The topological polar surface area (TPSA) is 48.2 Å². The molecule has 0 radical (unpaired) electrons. The molecule has 0 spiro atoms. The quantitative estimate of drug-likeness (QED) is 0.740. The number of alkyl halides is 6. The van der Waals surface area contributed by atoms with E-state index in [9.17, 15) is 26.3 Å². The van der Waals surface area contributed by atoms with E-state index in [-0.39, 0.29) is 23.7 Å². The number of halogens is 6. The summed E-state index contributed by atoms with van der Waals surface area (Å²) in [5.41, 5.74) is -2.91. The molecule has 0 atom stereocenters. The van der Waals surface area contributed by atoms with Crippen molar-refractivity contribution in [1.29, 1.82) is 0 Å². The summed E-state index contributed by atoms with van der Waals surface area (Å²) in [7, 11) is 0. The van der Waals surface area contributed by atoms with E-state index in [2.05, 4.69) is 10.1 Å². The molecule has 0 saturated carbocycles. The van der Waals surface area contributed by atoms with Gasteiger partial charge in [0.15, 0.2) is 6.61 Å². The Hall–Kier alpha value is -2.26. The van der Waals surface area contributed by atoms with Gasteiger partial charge in [-0.05, 0) is 18.2 Å². The van der Waals surface area contributed by atoms with Crippen LogP contribution < -0.4 is 4.74 Å². The summed E-state index contributed by atoms with van der Waals surface area (Å²) in [5, 5.41) is 3.54. The summed E-state index contributed by atoms with van der Waals surface area (Å²) in [4.78, 5) is 3.92. The molecule has 0 unspecified atom stereocenters. The van der Waals surface area contributed by atoms with Crippen molar-refractivity contribution in [1.82, 2.24) is 10.1 Å². The van der Waals surface area contributed by atoms with Gasteiger partial charge < -0.3 is 9.26 Å². The van der Waals surface area contributed by atoms with Crippen LogP contribution in [0.4, 0.5) is 26.3 Å². The minimum Gasteiger partial charge on any atom is -0.485 e. The molecule has 0 aliphatic rings. The average Bonchev–Trinajstić information content (AvgIpc) is 2.92. The Morgan fingerprint density at radius 1 is 1.00 bits per heavy atom. The second kappa shape index (κ2) is 6.33. The first-order valence-corrected chi connectivity index (χ1v) is 6.71. The van der Waals surface area contributed by atoms with Gasteiger partial charge in [0.1, 0.15) is 5.75 Å². The zero-order valence-corrected chi connectivity index (χ0v) is 12.5. The largest absolute Gasteiger partial charge is 0.485 e. The molecule has 0 amide bonds. The summed E-state index contributed by atoms with van der Waals surface area (Å²) in [6.45, 7) is 3.13. The highest BCUT2D eigenvalue weighted by molar-refractivity contribution is 5.37. The number of ether oxygens (including phenoxy) is 1. The number of rotatable bonds is 4. The third kappa shape index (κ3) is 4.39. The second-order valence-electron chi connectivity index (χ2n) is 5.23. The Bertz CT molecular complexity index is 674. The second-order valence-corrected chi connectivity index (χ2v) is 5.23. The molecule has 0 aliphatic heterocycles. The lowest BCUT2D eigenvalue weighted by Crippen LogP contribution is -2.11. The van der Waals surface area contributed by atoms with Crippen molar-refractivity contribution in [2.75, 3.05) is 0 Å². The molecule has 1 aromatic carbocycles. The molecule has 2 rings (SSSR count). The molecule has 2 aromatic rings. The molecule has 0 aliphatic carbocycles. The number of benzene rings is 1. The number of aromatic nitrogens is 2. The van der Waals surface area contributed by atoms with E-state index in [1.807, 2.05) is 0 Å². The lowest BCUT2D eigenvalue weighted by Gasteiger charge is -2.14. The zero-order chi connectivity index (χ0) is 18.1. The standard InChI is InChI=1S/C14H12F6N2O2/c1-7(2)12-21-11(22-24-12)6-23-10-4-8(13(15,16)17)3-9(5-10)14(18,19)20/h3-5,7H,6H2,1-2H3. The Labute approximate surface area is 132 Å². The maximum atomic E-state index is 12.7. The molecule has 0 saturated heterocycles. The van der Waals surface area contributed by atoms with Gasteiger partial charge >= 0.3 is 12.4 Å². The van der Waals surface area contributed by atoms with Gasteiger partial charge in [0.25, 0.3) is 0 Å². The number of hydrogen-bond acceptors (Lipinski definition) is 4. The van der Waals surface area contributed by atoms with E-state index in [0.29, 0.717) is 12.1 Å². The van der Waals surface area contributed by atoms with Crippen molar-refractivity contribution in [3.63, 3.8) is 0 Å². The van der Waals surface area contributed by atoms with Gasteiger partial charge in [-0.25, -0.2) is 0 Å². The van der Waals surface area contributed by atoms with Crippen LogP contribution in [0, 0.1) is 0 Å². The third-order valence-electron chi connectivity index (χ3n) is 2.91. The van der Waals surface area contributed by atoms with Crippen LogP contribution in [0.5, 0.6) is 5.75 Å². The van der Waals surface area contributed by atoms with Crippen LogP contribution in [-0.2, 0) is 19.0 Å². The van der Waals surface area contributed by atoms with Crippen molar-refractivity contribution in [2.24, 2.45) is 0 Å². The lowest BCUT2D eigenvalue weighted by molar-refractivity contribution is -0.143. The fourth-order valence-corrected chi connectivity index (χ4v) is 1.72. The summed E-state index contributed by atoms with van der Waals surface area (Å²) in [6.07, 6.45) is -9.87. The highest BCUT2D eigenvalue weighted by Gasteiger charge is 2.37. The SMILES string of the molecule is CC(C)c1nc(COc2cc(C(F)(F)F)cc(C(F)(F)F)c2)no1. The molecule has 0 bridgehead atoms. The Morgan fingerprint density at radius 3 is 1.96 bits per heavy atom. The van der Waals surface area contributed by atoms with E-state index in [4.69, 9.17) is 9.26 Å². The summed E-state index contributed by atoms with van der Waals surface area (Å²) in [5.74, 6) is -0.358. The van der Waals surface area contributed by atoms with Gasteiger partial charge in [-0.2, -0.15) is 31.3 Å². The minimum atomic E-state index is -4.93. The van der Waals surface area contributed by atoms with E-state index in [1.54, 1.807) is 13.8 Å². The molecular weight excluding hydrogens is 342 g/mol. The number of nitrogens with zero attached hydrogens (tertiary/aromatic N) is 2. The Kier molecular flexibility index (Phi) is 4.77. The van der Waals surface area contributed by atoms with Gasteiger partial charge in [0.2, 0.25) is 11.7 Å². The minimum absolute atomic E-state index is 0.0182. The summed E-state index contributed by atoms with van der Waals surface area (Å²) < 4.78 is 86.2. The Balaban J connectivity index is 2.25. The van der Waals surface area contributed by atoms with Crippen molar-refractivity contribution in [2.45, 2.75) is 38.7 Å². The fraction of sp³-hybridized carbons (Fsp3) is 0.429. The molecule has 24 heavy (non-hydrogen) atoms. The first kappa shape index (κ1) is 18.1. The summed E-state index contributed by atoms with van der Waals surface area (Å²) in [6, 6.07) is 0.995. The molecule has 132 valence electrons. The van der Waals surface area contributed by atoms with Crippen molar-refractivity contribution >= 4 is 0 Å². The Morgan fingerprint density at radius 2 is 1.54 bits per heavy atom.